The third kappa shape index (κ3) is 3.40. The molecule has 0 aromatic carbocycles. The summed E-state index contributed by atoms with van der Waals surface area (Å²) in [5.74, 6) is 0.185. The van der Waals surface area contributed by atoms with Gasteiger partial charge in [-0.2, -0.15) is 0 Å². The van der Waals surface area contributed by atoms with E-state index in [1.54, 1.807) is 6.92 Å². The summed E-state index contributed by atoms with van der Waals surface area (Å²) in [6.45, 7) is 5.23. The maximum absolute atomic E-state index is 11.5. The molecule has 2 heterocycles. The van der Waals surface area contributed by atoms with Crippen molar-refractivity contribution >= 4 is 10.0 Å². The Balaban J connectivity index is 1.72. The molecule has 0 amide bonds. The molecular weight excluding hydrogens is 238 g/mol. The summed E-state index contributed by atoms with van der Waals surface area (Å²) in [5.41, 5.74) is 0. The predicted octanol–water partition coefficient (Wildman–Crippen LogP) is -0.248. The van der Waals surface area contributed by atoms with Crippen molar-refractivity contribution in [3.8, 4) is 0 Å². The molecule has 17 heavy (non-hydrogen) atoms. The molecule has 0 aromatic rings. The second kappa shape index (κ2) is 5.65. The van der Waals surface area contributed by atoms with Gasteiger partial charge in [-0.1, -0.05) is 6.92 Å². The van der Waals surface area contributed by atoms with E-state index in [4.69, 9.17) is 0 Å². The number of rotatable bonds is 6. The van der Waals surface area contributed by atoms with Gasteiger partial charge in [-0.05, 0) is 25.8 Å². The third-order valence-electron chi connectivity index (χ3n) is 3.75. The molecule has 0 aliphatic carbocycles. The molecule has 2 saturated heterocycles. The van der Waals surface area contributed by atoms with Crippen LogP contribution < -0.4 is 10.0 Å². The molecule has 0 spiro atoms. The standard InChI is InChI=1S/C11H23N3O2S/c1-2-13-17(15,16)9-6-12-10-5-8-14-7-3-4-11(10)14/h10-13H,2-9H2,1H3. The minimum Gasteiger partial charge on any atom is -0.311 e. The zero-order valence-corrected chi connectivity index (χ0v) is 11.3. The molecule has 2 unspecified atom stereocenters. The molecule has 0 radical (unpaired) electrons. The van der Waals surface area contributed by atoms with Gasteiger partial charge in [0.05, 0.1) is 5.75 Å². The van der Waals surface area contributed by atoms with E-state index >= 15 is 0 Å². The quantitative estimate of drug-likeness (QED) is 0.692. The molecule has 6 heteroatoms. The Bertz CT molecular complexity index is 345. The number of hydrogen-bond acceptors (Lipinski definition) is 4. The number of nitrogens with one attached hydrogen (secondary N) is 2. The van der Waals surface area contributed by atoms with Crippen LogP contribution in [0.2, 0.25) is 0 Å². The Labute approximate surface area is 104 Å². The lowest BCUT2D eigenvalue weighted by atomic mass is 10.1. The van der Waals surface area contributed by atoms with Gasteiger partial charge in [0.1, 0.15) is 0 Å². The molecule has 0 aromatic heterocycles. The van der Waals surface area contributed by atoms with Crippen molar-refractivity contribution in [3.05, 3.63) is 0 Å². The minimum atomic E-state index is -3.07. The summed E-state index contributed by atoms with van der Waals surface area (Å²) in [6.07, 6.45) is 3.71. The van der Waals surface area contributed by atoms with Gasteiger partial charge in [0.25, 0.3) is 0 Å². The first-order chi connectivity index (χ1) is 8.12. The SMILES string of the molecule is CCNS(=O)(=O)CCNC1CCN2CCCC12. The van der Waals surface area contributed by atoms with Crippen molar-refractivity contribution in [2.45, 2.75) is 38.3 Å². The lowest BCUT2D eigenvalue weighted by Crippen LogP contribution is -2.42. The van der Waals surface area contributed by atoms with E-state index in [-0.39, 0.29) is 5.75 Å². The lowest BCUT2D eigenvalue weighted by Gasteiger charge is -2.21. The lowest BCUT2D eigenvalue weighted by molar-refractivity contribution is 0.300. The van der Waals surface area contributed by atoms with Gasteiger partial charge >= 0.3 is 0 Å². The molecule has 5 nitrogen and oxygen atoms in total. The average molecular weight is 261 g/mol. The van der Waals surface area contributed by atoms with Gasteiger partial charge < -0.3 is 5.32 Å². The number of nitrogens with zero attached hydrogens (tertiary/aromatic N) is 1. The second-order valence-electron chi connectivity index (χ2n) is 4.91. The van der Waals surface area contributed by atoms with Gasteiger partial charge in [0, 0.05) is 31.7 Å². The predicted molar refractivity (Wildman–Crippen MR) is 68.5 cm³/mol. The normalized spacial score (nSPS) is 29.7. The van der Waals surface area contributed by atoms with Crippen LogP contribution in [-0.4, -0.2) is 57.3 Å². The van der Waals surface area contributed by atoms with E-state index in [0.29, 0.717) is 25.2 Å². The first-order valence-electron chi connectivity index (χ1n) is 6.57. The average Bonchev–Trinajstić information content (AvgIpc) is 2.81. The second-order valence-corrected chi connectivity index (χ2v) is 6.84. The molecule has 2 aliphatic heterocycles. The van der Waals surface area contributed by atoms with Crippen LogP contribution in [0, 0.1) is 0 Å². The summed E-state index contributed by atoms with van der Waals surface area (Å²) in [5, 5.41) is 3.41. The van der Waals surface area contributed by atoms with Crippen LogP contribution in [0.5, 0.6) is 0 Å². The molecule has 2 rings (SSSR count). The van der Waals surface area contributed by atoms with Crippen LogP contribution in [0.3, 0.4) is 0 Å². The fourth-order valence-corrected chi connectivity index (χ4v) is 3.96. The number of fused-ring (bicyclic) bond motifs is 1. The molecule has 2 atom stereocenters. The van der Waals surface area contributed by atoms with Crippen molar-refractivity contribution in [2.75, 3.05) is 31.9 Å². The van der Waals surface area contributed by atoms with Gasteiger partial charge in [-0.3, -0.25) is 4.90 Å². The summed E-state index contributed by atoms with van der Waals surface area (Å²) >= 11 is 0. The first kappa shape index (κ1) is 13.3. The van der Waals surface area contributed by atoms with Crippen LogP contribution in [0.4, 0.5) is 0 Å². The molecule has 100 valence electrons. The van der Waals surface area contributed by atoms with E-state index in [1.165, 1.54) is 25.9 Å². The van der Waals surface area contributed by atoms with Crippen LogP contribution in [-0.2, 0) is 10.0 Å². The highest BCUT2D eigenvalue weighted by Crippen LogP contribution is 2.27. The van der Waals surface area contributed by atoms with Gasteiger partial charge in [0.2, 0.25) is 10.0 Å². The molecule has 0 saturated carbocycles. The Morgan fingerprint density at radius 2 is 2.12 bits per heavy atom. The van der Waals surface area contributed by atoms with Crippen LogP contribution in [0.15, 0.2) is 0 Å². The van der Waals surface area contributed by atoms with Crippen molar-refractivity contribution < 1.29 is 8.42 Å². The Hall–Kier alpha value is -0.170. The highest BCUT2D eigenvalue weighted by Gasteiger charge is 2.36. The van der Waals surface area contributed by atoms with Gasteiger partial charge in [-0.25, -0.2) is 13.1 Å². The third-order valence-corrected chi connectivity index (χ3v) is 5.22. The Morgan fingerprint density at radius 3 is 2.88 bits per heavy atom. The van der Waals surface area contributed by atoms with E-state index in [1.807, 2.05) is 0 Å². The highest BCUT2D eigenvalue weighted by atomic mass is 32.2. The Morgan fingerprint density at radius 1 is 1.29 bits per heavy atom. The van der Waals surface area contributed by atoms with E-state index in [2.05, 4.69) is 14.9 Å². The maximum atomic E-state index is 11.5. The van der Waals surface area contributed by atoms with Crippen LogP contribution in [0.25, 0.3) is 0 Å². The van der Waals surface area contributed by atoms with Crippen LogP contribution in [0.1, 0.15) is 26.2 Å². The summed E-state index contributed by atoms with van der Waals surface area (Å²) in [6, 6.07) is 1.14. The molecule has 0 bridgehead atoms. The fourth-order valence-electron chi connectivity index (χ4n) is 2.99. The first-order valence-corrected chi connectivity index (χ1v) is 8.22. The van der Waals surface area contributed by atoms with E-state index in [0.717, 1.165) is 6.42 Å². The van der Waals surface area contributed by atoms with Crippen molar-refractivity contribution in [1.29, 1.82) is 0 Å². The van der Waals surface area contributed by atoms with Crippen molar-refractivity contribution in [3.63, 3.8) is 0 Å². The largest absolute Gasteiger partial charge is 0.311 e. The summed E-state index contributed by atoms with van der Waals surface area (Å²) in [7, 11) is -3.07. The van der Waals surface area contributed by atoms with E-state index < -0.39 is 10.0 Å². The summed E-state index contributed by atoms with van der Waals surface area (Å²) in [4.78, 5) is 2.52. The van der Waals surface area contributed by atoms with Crippen molar-refractivity contribution in [2.24, 2.45) is 0 Å². The zero-order valence-electron chi connectivity index (χ0n) is 10.5. The number of sulfonamides is 1. The molecule has 2 fully saturated rings. The monoisotopic (exact) mass is 261 g/mol. The van der Waals surface area contributed by atoms with Crippen molar-refractivity contribution in [1.82, 2.24) is 14.9 Å². The smallest absolute Gasteiger partial charge is 0.212 e. The minimum absolute atomic E-state index is 0.185. The van der Waals surface area contributed by atoms with Gasteiger partial charge in [0.15, 0.2) is 0 Å². The molecule has 2 aliphatic rings. The van der Waals surface area contributed by atoms with E-state index in [9.17, 15) is 8.42 Å². The van der Waals surface area contributed by atoms with Crippen LogP contribution >= 0.6 is 0 Å². The number of hydrogen-bond donors (Lipinski definition) is 2. The Kier molecular flexibility index (Phi) is 4.41. The van der Waals surface area contributed by atoms with Gasteiger partial charge in [-0.15, -0.1) is 0 Å². The highest BCUT2D eigenvalue weighted by molar-refractivity contribution is 7.89. The molecule has 2 N–H and O–H groups in total. The maximum Gasteiger partial charge on any atom is 0.212 e. The topological polar surface area (TPSA) is 61.4 Å². The fraction of sp³-hybridized carbons (Fsp3) is 1.00. The summed E-state index contributed by atoms with van der Waals surface area (Å²) < 4.78 is 25.5. The zero-order chi connectivity index (χ0) is 12.3. The molecular formula is C11H23N3O2S.